The van der Waals surface area contributed by atoms with E-state index in [0.717, 1.165) is 16.8 Å². The van der Waals surface area contributed by atoms with E-state index in [1.807, 2.05) is 13.8 Å². The first kappa shape index (κ1) is 10.7. The minimum absolute atomic E-state index is 0.0210. The highest BCUT2D eigenvalue weighted by Gasteiger charge is 2.09. The Bertz CT molecular complexity index is 354. The van der Waals surface area contributed by atoms with E-state index in [-0.39, 0.29) is 6.04 Å². The van der Waals surface area contributed by atoms with Crippen LogP contribution in [-0.2, 0) is 0 Å². The quantitative estimate of drug-likeness (QED) is 0.554. The molecule has 0 saturated carbocycles. The highest BCUT2D eigenvalue weighted by Crippen LogP contribution is 2.29. The van der Waals surface area contributed by atoms with Gasteiger partial charge in [0, 0.05) is 6.04 Å². The molecule has 3 heteroatoms. The molecule has 1 aromatic rings. The summed E-state index contributed by atoms with van der Waals surface area (Å²) in [4.78, 5) is 4.14. The maximum atomic E-state index is 5.87. The summed E-state index contributed by atoms with van der Waals surface area (Å²) in [5, 5.41) is 0. The van der Waals surface area contributed by atoms with Gasteiger partial charge in [0.2, 0.25) is 0 Å². The van der Waals surface area contributed by atoms with E-state index < -0.39 is 0 Å². The molecule has 76 valence electrons. The van der Waals surface area contributed by atoms with Crippen molar-refractivity contribution >= 4 is 12.0 Å². The van der Waals surface area contributed by atoms with Crippen molar-refractivity contribution in [3.8, 4) is 0 Å². The highest BCUT2D eigenvalue weighted by atomic mass is 14.8. The summed E-state index contributed by atoms with van der Waals surface area (Å²) in [5.74, 6) is 0. The van der Waals surface area contributed by atoms with Crippen LogP contribution in [0.2, 0.25) is 0 Å². The number of hydrogen-bond donors (Lipinski definition) is 2. The zero-order chi connectivity index (χ0) is 10.7. The molecule has 0 fully saturated rings. The number of benzene rings is 1. The second kappa shape index (κ2) is 4.24. The van der Waals surface area contributed by atoms with Crippen molar-refractivity contribution in [1.82, 2.24) is 0 Å². The van der Waals surface area contributed by atoms with Crippen LogP contribution in [0, 0.1) is 13.8 Å². The number of aliphatic imine (C=N–C) groups is 1. The summed E-state index contributed by atoms with van der Waals surface area (Å²) in [7, 11) is 0. The average Bonchev–Trinajstić information content (AvgIpc) is 2.09. The van der Waals surface area contributed by atoms with Crippen molar-refractivity contribution in [3.63, 3.8) is 0 Å². The van der Waals surface area contributed by atoms with Crippen molar-refractivity contribution in [2.24, 2.45) is 16.5 Å². The molecule has 14 heavy (non-hydrogen) atoms. The van der Waals surface area contributed by atoms with E-state index in [0.29, 0.717) is 0 Å². The Labute approximate surface area is 84.8 Å². The molecule has 0 amide bonds. The molecule has 0 radical (unpaired) electrons. The first-order chi connectivity index (χ1) is 6.56. The summed E-state index contributed by atoms with van der Waals surface area (Å²) in [6.45, 7) is 6.01. The third-order valence-corrected chi connectivity index (χ3v) is 2.17. The van der Waals surface area contributed by atoms with E-state index in [1.165, 1.54) is 11.9 Å². The largest absolute Gasteiger partial charge is 0.390 e. The fourth-order valence-corrected chi connectivity index (χ4v) is 1.59. The minimum atomic E-state index is -0.0210. The van der Waals surface area contributed by atoms with Gasteiger partial charge < -0.3 is 11.5 Å². The van der Waals surface area contributed by atoms with Crippen LogP contribution in [0.1, 0.15) is 29.7 Å². The monoisotopic (exact) mass is 191 g/mol. The normalized spacial score (nSPS) is 13.4. The summed E-state index contributed by atoms with van der Waals surface area (Å²) >= 11 is 0. The molecule has 0 aliphatic carbocycles. The lowest BCUT2D eigenvalue weighted by molar-refractivity contribution is 0.816. The lowest BCUT2D eigenvalue weighted by Gasteiger charge is -2.12. The predicted octanol–water partition coefficient (Wildman–Crippen LogP) is 1.94. The zero-order valence-electron chi connectivity index (χ0n) is 8.91. The van der Waals surface area contributed by atoms with Crippen molar-refractivity contribution in [2.45, 2.75) is 26.8 Å². The van der Waals surface area contributed by atoms with E-state index in [9.17, 15) is 0 Å². The lowest BCUT2D eigenvalue weighted by atomic mass is 10.00. The summed E-state index contributed by atoms with van der Waals surface area (Å²) in [6.07, 6.45) is 1.31. The van der Waals surface area contributed by atoms with E-state index in [4.69, 9.17) is 11.5 Å². The molecule has 0 saturated heterocycles. The van der Waals surface area contributed by atoms with Gasteiger partial charge in [0.1, 0.15) is 0 Å². The van der Waals surface area contributed by atoms with Gasteiger partial charge >= 0.3 is 0 Å². The standard InChI is InChI=1S/C11H17N3/c1-7-4-8(2)11(14-6-12)10(5-7)9(3)13/h4-6,9H,13H2,1-3H3,(H2,12,14). The van der Waals surface area contributed by atoms with Crippen molar-refractivity contribution in [2.75, 3.05) is 0 Å². The number of aryl methyl sites for hydroxylation is 2. The molecule has 0 aliphatic rings. The van der Waals surface area contributed by atoms with Crippen LogP contribution in [0.15, 0.2) is 17.1 Å². The molecule has 0 aromatic heterocycles. The Morgan fingerprint density at radius 1 is 1.36 bits per heavy atom. The highest BCUT2D eigenvalue weighted by molar-refractivity contribution is 5.65. The van der Waals surface area contributed by atoms with Crippen LogP contribution in [0.4, 0.5) is 5.69 Å². The maximum Gasteiger partial charge on any atom is 0.0860 e. The molecule has 4 N–H and O–H groups in total. The SMILES string of the molecule is Cc1cc(C)c(/N=C\N)c(C(C)N)c1. The second-order valence-corrected chi connectivity index (χ2v) is 3.59. The van der Waals surface area contributed by atoms with Gasteiger partial charge in [-0.25, -0.2) is 4.99 Å². The molecule has 0 heterocycles. The zero-order valence-corrected chi connectivity index (χ0v) is 8.91. The predicted molar refractivity (Wildman–Crippen MR) is 60.9 cm³/mol. The smallest absolute Gasteiger partial charge is 0.0860 e. The molecule has 1 atom stereocenters. The minimum Gasteiger partial charge on any atom is -0.390 e. The lowest BCUT2D eigenvalue weighted by Crippen LogP contribution is -2.06. The molecule has 0 aliphatic heterocycles. The second-order valence-electron chi connectivity index (χ2n) is 3.59. The first-order valence-corrected chi connectivity index (χ1v) is 4.67. The van der Waals surface area contributed by atoms with Gasteiger partial charge in [-0.1, -0.05) is 17.7 Å². The van der Waals surface area contributed by atoms with Crippen molar-refractivity contribution in [1.29, 1.82) is 0 Å². The molecule has 1 unspecified atom stereocenters. The van der Waals surface area contributed by atoms with Crippen molar-refractivity contribution < 1.29 is 0 Å². The van der Waals surface area contributed by atoms with E-state index >= 15 is 0 Å². The van der Waals surface area contributed by atoms with E-state index in [1.54, 1.807) is 0 Å². The van der Waals surface area contributed by atoms with Crippen LogP contribution < -0.4 is 11.5 Å². The third-order valence-electron chi connectivity index (χ3n) is 2.17. The van der Waals surface area contributed by atoms with Gasteiger partial charge in [-0.3, -0.25) is 0 Å². The maximum absolute atomic E-state index is 5.87. The van der Waals surface area contributed by atoms with Gasteiger partial charge in [-0.15, -0.1) is 0 Å². The number of hydrogen-bond acceptors (Lipinski definition) is 2. The van der Waals surface area contributed by atoms with Crippen LogP contribution in [0.3, 0.4) is 0 Å². The third kappa shape index (κ3) is 2.12. The topological polar surface area (TPSA) is 64.4 Å². The Morgan fingerprint density at radius 2 is 2.00 bits per heavy atom. The number of nitrogens with two attached hydrogens (primary N) is 2. The molecule has 0 spiro atoms. The van der Waals surface area contributed by atoms with Crippen LogP contribution in [0.25, 0.3) is 0 Å². The summed E-state index contributed by atoms with van der Waals surface area (Å²) < 4.78 is 0. The fraction of sp³-hybridized carbons (Fsp3) is 0.364. The molecule has 1 aromatic carbocycles. The van der Waals surface area contributed by atoms with Gasteiger partial charge in [0.15, 0.2) is 0 Å². The van der Waals surface area contributed by atoms with Gasteiger partial charge in [-0.2, -0.15) is 0 Å². The van der Waals surface area contributed by atoms with Crippen LogP contribution >= 0.6 is 0 Å². The molecular weight excluding hydrogens is 174 g/mol. The molecule has 1 rings (SSSR count). The Hall–Kier alpha value is -1.35. The Morgan fingerprint density at radius 3 is 2.50 bits per heavy atom. The molecular formula is C11H17N3. The van der Waals surface area contributed by atoms with Gasteiger partial charge in [0.05, 0.1) is 12.0 Å². The van der Waals surface area contributed by atoms with E-state index in [2.05, 4.69) is 24.0 Å². The van der Waals surface area contributed by atoms with Crippen molar-refractivity contribution in [3.05, 3.63) is 28.8 Å². The Kier molecular flexibility index (Phi) is 3.25. The molecule has 3 nitrogen and oxygen atoms in total. The summed E-state index contributed by atoms with van der Waals surface area (Å²) in [5.41, 5.74) is 15.4. The molecule has 0 bridgehead atoms. The first-order valence-electron chi connectivity index (χ1n) is 4.67. The number of nitrogens with zero attached hydrogens (tertiary/aromatic N) is 1. The summed E-state index contributed by atoms with van der Waals surface area (Å²) in [6, 6.07) is 4.11. The van der Waals surface area contributed by atoms with Gasteiger partial charge in [0.25, 0.3) is 0 Å². The fourth-order valence-electron chi connectivity index (χ4n) is 1.59. The van der Waals surface area contributed by atoms with Crippen LogP contribution in [0.5, 0.6) is 0 Å². The number of rotatable bonds is 2. The van der Waals surface area contributed by atoms with Crippen LogP contribution in [-0.4, -0.2) is 6.34 Å². The van der Waals surface area contributed by atoms with Gasteiger partial charge in [-0.05, 0) is 31.9 Å². The average molecular weight is 191 g/mol. The Balaban J connectivity index is 3.36.